The van der Waals surface area contributed by atoms with Crippen molar-refractivity contribution in [3.05, 3.63) is 82.3 Å². The van der Waals surface area contributed by atoms with Crippen molar-refractivity contribution in [3.8, 4) is 0 Å². The first kappa shape index (κ1) is 33.0. The van der Waals surface area contributed by atoms with E-state index >= 15 is 8.78 Å². The van der Waals surface area contributed by atoms with Crippen LogP contribution in [0.3, 0.4) is 0 Å². The standard InChI is InChI=1S/C24H24F2OS.3C4H9.Sn/c1-17-12-13-19-14-18(15-22(17)19)16-23(27,20-8-4-2-5-9-20)24(25,26)28-21-10-6-3-7-11-21;3*1-3-4-2;/h1-11,15,18-19,22,27H,12-14,16H2;3*1,3-4H2,2H3;/t18-,19-,22-,23?;;;;/m0..../s1. The molecule has 0 aliphatic heterocycles. The molecule has 0 aromatic heterocycles. The van der Waals surface area contributed by atoms with E-state index in [4.69, 9.17) is 0 Å². The molecular weight excluding hydrogens is 637 g/mol. The predicted molar refractivity (Wildman–Crippen MR) is 174 cm³/mol. The molecule has 2 fully saturated rings. The van der Waals surface area contributed by atoms with Crippen molar-refractivity contribution in [3.63, 3.8) is 0 Å². The van der Waals surface area contributed by atoms with Gasteiger partial charge in [0.15, 0.2) is 0 Å². The Bertz CT molecular complexity index is 1070. The molecule has 1 radical (unpaired) electrons. The zero-order chi connectivity index (χ0) is 29.3. The Morgan fingerprint density at radius 1 is 0.878 bits per heavy atom. The summed E-state index contributed by atoms with van der Waals surface area (Å²) in [6.45, 7) is 6.97. The Morgan fingerprint density at radius 2 is 1.44 bits per heavy atom. The summed E-state index contributed by atoms with van der Waals surface area (Å²) < 4.78 is 39.6. The average Bonchev–Trinajstić information content (AvgIpc) is 3.55. The zero-order valence-corrected chi connectivity index (χ0v) is 29.1. The van der Waals surface area contributed by atoms with Gasteiger partial charge >= 0.3 is 252 Å². The molecular formula is C36H51F2OSSn. The molecule has 4 atom stereocenters. The number of rotatable bonds is 16. The van der Waals surface area contributed by atoms with Crippen LogP contribution in [0.25, 0.3) is 0 Å². The van der Waals surface area contributed by atoms with Gasteiger partial charge in [0.05, 0.1) is 0 Å². The van der Waals surface area contributed by atoms with Gasteiger partial charge in [0.2, 0.25) is 0 Å². The van der Waals surface area contributed by atoms with Crippen LogP contribution in [0, 0.1) is 24.2 Å². The van der Waals surface area contributed by atoms with E-state index in [9.17, 15) is 5.11 Å². The van der Waals surface area contributed by atoms with Crippen molar-refractivity contribution in [2.24, 2.45) is 17.8 Å². The number of benzene rings is 2. The van der Waals surface area contributed by atoms with Gasteiger partial charge in [-0.2, -0.15) is 0 Å². The fourth-order valence-electron chi connectivity index (χ4n) is 7.42. The Morgan fingerprint density at radius 3 is 2.00 bits per heavy atom. The first-order chi connectivity index (χ1) is 19.8. The van der Waals surface area contributed by atoms with Gasteiger partial charge in [0.25, 0.3) is 0 Å². The molecule has 4 rings (SSSR count). The van der Waals surface area contributed by atoms with Gasteiger partial charge < -0.3 is 0 Å². The van der Waals surface area contributed by atoms with Crippen molar-refractivity contribution in [1.29, 1.82) is 0 Å². The number of halogens is 2. The number of aliphatic hydroxyl groups is 1. The van der Waals surface area contributed by atoms with E-state index in [2.05, 4.69) is 31.3 Å². The van der Waals surface area contributed by atoms with Crippen LogP contribution in [0.2, 0.25) is 13.3 Å². The van der Waals surface area contributed by atoms with Gasteiger partial charge in [0.1, 0.15) is 0 Å². The second kappa shape index (κ2) is 15.2. The van der Waals surface area contributed by atoms with E-state index in [0.29, 0.717) is 34.1 Å². The first-order valence-corrected chi connectivity index (χ1v) is 24.7. The SMILES string of the molecule is CCC[CH2][Sn]([CH]=C1CC[C@H]2C[C@H](CC(O)(c3ccccc3)C(F)(F)Sc3ccccc3)[CH][C@@H]12)([CH2]CCC)[CH2]CCC. The topological polar surface area (TPSA) is 20.2 Å². The van der Waals surface area contributed by atoms with Crippen molar-refractivity contribution in [1.82, 2.24) is 0 Å². The quantitative estimate of drug-likeness (QED) is 0.140. The third-order valence-corrected chi connectivity index (χ3v) is 25.1. The molecule has 2 aliphatic carbocycles. The van der Waals surface area contributed by atoms with Crippen LogP contribution in [0.15, 0.2) is 75.2 Å². The maximum absolute atomic E-state index is 16.1. The number of allylic oxidation sites excluding steroid dienone is 1. The molecule has 1 nitrogen and oxygen atoms in total. The summed E-state index contributed by atoms with van der Waals surface area (Å²) in [5.41, 5.74) is -0.293. The molecule has 1 N–H and O–H groups in total. The van der Waals surface area contributed by atoms with Crippen LogP contribution < -0.4 is 0 Å². The molecule has 2 aromatic rings. The molecule has 225 valence electrons. The molecule has 2 aliphatic rings. The first-order valence-electron chi connectivity index (χ1n) is 16.2. The van der Waals surface area contributed by atoms with Gasteiger partial charge in [-0.3, -0.25) is 0 Å². The number of hydrogen-bond acceptors (Lipinski definition) is 2. The summed E-state index contributed by atoms with van der Waals surface area (Å²) in [7, 11) is 0. The van der Waals surface area contributed by atoms with Crippen LogP contribution in [0.5, 0.6) is 0 Å². The Hall–Kier alpha value is -0.851. The van der Waals surface area contributed by atoms with E-state index < -0.39 is 29.2 Å². The summed E-state index contributed by atoms with van der Waals surface area (Å²) in [6.07, 6.45) is 13.6. The van der Waals surface area contributed by atoms with E-state index in [1.54, 1.807) is 54.1 Å². The molecule has 0 bridgehead atoms. The maximum atomic E-state index is 16.1. The van der Waals surface area contributed by atoms with Gasteiger partial charge in [-0.25, -0.2) is 0 Å². The predicted octanol–water partition coefficient (Wildman–Crippen LogP) is 11.2. The van der Waals surface area contributed by atoms with Crippen molar-refractivity contribution < 1.29 is 13.9 Å². The molecule has 0 saturated heterocycles. The third kappa shape index (κ3) is 8.20. The van der Waals surface area contributed by atoms with Crippen LogP contribution in [-0.4, -0.2) is 28.7 Å². The van der Waals surface area contributed by atoms with Gasteiger partial charge in [-0.05, 0) is 0 Å². The second-order valence-corrected chi connectivity index (χ2v) is 26.8. The third-order valence-electron chi connectivity index (χ3n) is 9.68. The molecule has 0 spiro atoms. The van der Waals surface area contributed by atoms with Crippen molar-refractivity contribution in [2.45, 2.75) is 114 Å². The minimum atomic E-state index is -3.37. The number of unbranched alkanes of at least 4 members (excludes halogenated alkanes) is 3. The van der Waals surface area contributed by atoms with E-state index in [-0.39, 0.29) is 12.3 Å². The second-order valence-electron chi connectivity index (χ2n) is 12.8. The minimum absolute atomic E-state index is 0.0207. The number of fused-ring (bicyclic) bond motifs is 1. The van der Waals surface area contributed by atoms with E-state index in [1.807, 2.05) is 12.1 Å². The Balaban J connectivity index is 1.58. The molecule has 2 saturated carbocycles. The molecule has 5 heteroatoms. The fourth-order valence-corrected chi connectivity index (χ4v) is 24.0. The summed E-state index contributed by atoms with van der Waals surface area (Å²) in [5, 5.41) is 8.57. The van der Waals surface area contributed by atoms with Gasteiger partial charge in [-0.1, -0.05) is 6.07 Å². The van der Waals surface area contributed by atoms with Crippen molar-refractivity contribution >= 4 is 30.1 Å². The van der Waals surface area contributed by atoms with Crippen LogP contribution in [-0.2, 0) is 5.60 Å². The monoisotopic (exact) mass is 689 g/mol. The normalized spacial score (nSPS) is 23.6. The number of hydrogen-bond donors (Lipinski definition) is 1. The zero-order valence-electron chi connectivity index (χ0n) is 25.5. The molecule has 0 amide bonds. The molecule has 0 heterocycles. The van der Waals surface area contributed by atoms with E-state index in [1.165, 1.54) is 64.7 Å². The fraction of sp³-hybridized carbons (Fsp3) is 0.583. The Labute approximate surface area is 256 Å². The van der Waals surface area contributed by atoms with E-state index in [0.717, 1.165) is 6.42 Å². The average molecular weight is 689 g/mol. The summed E-state index contributed by atoms with van der Waals surface area (Å²) in [5.74, 6) is 0.929. The molecule has 41 heavy (non-hydrogen) atoms. The summed E-state index contributed by atoms with van der Waals surface area (Å²) in [4.78, 5) is 0.472. The Kier molecular flexibility index (Phi) is 12.3. The van der Waals surface area contributed by atoms with Crippen LogP contribution in [0.1, 0.15) is 90.5 Å². The summed E-state index contributed by atoms with van der Waals surface area (Å²) >= 11 is -1.97. The van der Waals surface area contributed by atoms with Gasteiger partial charge in [0, 0.05) is 0 Å². The van der Waals surface area contributed by atoms with Gasteiger partial charge in [-0.15, -0.1) is 0 Å². The van der Waals surface area contributed by atoms with Crippen LogP contribution in [0.4, 0.5) is 8.78 Å². The number of thioether (sulfide) groups is 1. The molecule has 2 aromatic carbocycles. The summed E-state index contributed by atoms with van der Waals surface area (Å²) in [6, 6.07) is 17.4. The van der Waals surface area contributed by atoms with Crippen molar-refractivity contribution in [2.75, 3.05) is 0 Å². The number of alkyl halides is 2. The van der Waals surface area contributed by atoms with Crippen LogP contribution >= 0.6 is 11.8 Å². The molecule has 1 unspecified atom stereocenters.